The summed E-state index contributed by atoms with van der Waals surface area (Å²) in [5, 5.41) is 5.74. The maximum atomic E-state index is 11.5. The minimum atomic E-state index is -0.526. The predicted molar refractivity (Wildman–Crippen MR) is 73.4 cm³/mol. The van der Waals surface area contributed by atoms with E-state index in [1.807, 2.05) is 14.1 Å². The summed E-state index contributed by atoms with van der Waals surface area (Å²) in [6.07, 6.45) is 0. The van der Waals surface area contributed by atoms with Crippen molar-refractivity contribution >= 4 is 23.8 Å². The van der Waals surface area contributed by atoms with E-state index in [2.05, 4.69) is 25.6 Å². The third kappa shape index (κ3) is 4.23. The number of esters is 1. The van der Waals surface area contributed by atoms with Gasteiger partial charge in [0.15, 0.2) is 0 Å². The van der Waals surface area contributed by atoms with Gasteiger partial charge >= 0.3 is 5.97 Å². The van der Waals surface area contributed by atoms with E-state index in [0.717, 1.165) is 0 Å². The molecule has 0 aliphatic heterocycles. The Labute approximate surface area is 112 Å². The number of aromatic nitrogens is 3. The van der Waals surface area contributed by atoms with Gasteiger partial charge in [-0.3, -0.25) is 0 Å². The molecular weight excluding hydrogens is 248 g/mol. The normalized spacial score (nSPS) is 11.6. The van der Waals surface area contributed by atoms with Crippen LogP contribution in [-0.4, -0.2) is 54.7 Å². The molecule has 0 spiro atoms. The molecule has 0 amide bonds. The highest BCUT2D eigenvalue weighted by Gasteiger charge is 2.16. The molecule has 0 saturated heterocycles. The smallest absolute Gasteiger partial charge is 0.328 e. The number of carbonyl (C=O) groups excluding carboxylic acids is 1. The molecule has 8 heteroatoms. The second-order valence-corrected chi connectivity index (χ2v) is 4.05. The summed E-state index contributed by atoms with van der Waals surface area (Å²) in [6.45, 7) is 3.79. The lowest BCUT2D eigenvalue weighted by Gasteiger charge is -2.15. The lowest BCUT2D eigenvalue weighted by molar-refractivity contribution is -0.143. The first-order valence-electron chi connectivity index (χ1n) is 6.02. The fourth-order valence-corrected chi connectivity index (χ4v) is 1.26. The molecule has 0 aromatic carbocycles. The molecule has 0 saturated carbocycles. The zero-order chi connectivity index (χ0) is 14.4. The highest BCUT2D eigenvalue weighted by molar-refractivity contribution is 5.78. The van der Waals surface area contributed by atoms with Crippen molar-refractivity contribution in [2.45, 2.75) is 19.9 Å². The Hall–Kier alpha value is -2.12. The molecule has 19 heavy (non-hydrogen) atoms. The number of nitrogens with zero attached hydrogens (tertiary/aromatic N) is 4. The van der Waals surface area contributed by atoms with E-state index < -0.39 is 6.04 Å². The van der Waals surface area contributed by atoms with Gasteiger partial charge in [-0.25, -0.2) is 4.79 Å². The zero-order valence-corrected chi connectivity index (χ0v) is 11.9. The Morgan fingerprint density at radius 1 is 1.32 bits per heavy atom. The van der Waals surface area contributed by atoms with E-state index in [0.29, 0.717) is 24.5 Å². The summed E-state index contributed by atoms with van der Waals surface area (Å²) in [7, 11) is 5.37. The third-order valence-corrected chi connectivity index (χ3v) is 2.23. The summed E-state index contributed by atoms with van der Waals surface area (Å²) < 4.78 is 4.91. The summed E-state index contributed by atoms with van der Waals surface area (Å²) in [5.41, 5.74) is 0. The van der Waals surface area contributed by atoms with Crippen molar-refractivity contribution in [1.82, 2.24) is 15.0 Å². The molecule has 0 radical (unpaired) electrons. The molecule has 1 atom stereocenters. The molecular formula is C11H20N6O2. The van der Waals surface area contributed by atoms with Gasteiger partial charge in [-0.15, -0.1) is 0 Å². The standard InChI is InChI=1S/C11H20N6O2/c1-6-19-8(18)7(2)13-10-14-9(12-3)15-11(16-10)17(4)5/h7H,6H2,1-5H3,(H2,12,13,14,15,16). The molecule has 1 unspecified atom stereocenters. The Bertz CT molecular complexity index is 437. The molecule has 0 fully saturated rings. The number of rotatable bonds is 6. The first-order chi connectivity index (χ1) is 8.97. The lowest BCUT2D eigenvalue weighted by Crippen LogP contribution is -2.29. The van der Waals surface area contributed by atoms with Crippen molar-refractivity contribution < 1.29 is 9.53 Å². The Morgan fingerprint density at radius 2 is 1.95 bits per heavy atom. The monoisotopic (exact) mass is 268 g/mol. The molecule has 1 aromatic rings. The van der Waals surface area contributed by atoms with Gasteiger partial charge in [-0.2, -0.15) is 15.0 Å². The molecule has 106 valence electrons. The summed E-state index contributed by atoms with van der Waals surface area (Å²) >= 11 is 0. The van der Waals surface area contributed by atoms with Gasteiger partial charge < -0.3 is 20.3 Å². The fourth-order valence-electron chi connectivity index (χ4n) is 1.26. The van der Waals surface area contributed by atoms with E-state index in [1.165, 1.54) is 0 Å². The predicted octanol–water partition coefficient (Wildman–Crippen LogP) is 0.343. The molecule has 0 aliphatic rings. The van der Waals surface area contributed by atoms with E-state index >= 15 is 0 Å². The van der Waals surface area contributed by atoms with E-state index in [-0.39, 0.29) is 5.97 Å². The van der Waals surface area contributed by atoms with Crippen LogP contribution < -0.4 is 15.5 Å². The molecule has 1 heterocycles. The lowest BCUT2D eigenvalue weighted by atomic mass is 10.3. The fraction of sp³-hybridized carbons (Fsp3) is 0.636. The topological polar surface area (TPSA) is 92.3 Å². The number of carbonyl (C=O) groups is 1. The van der Waals surface area contributed by atoms with Crippen LogP contribution in [0.25, 0.3) is 0 Å². The molecule has 2 N–H and O–H groups in total. The van der Waals surface area contributed by atoms with Gasteiger partial charge in [0, 0.05) is 21.1 Å². The van der Waals surface area contributed by atoms with Crippen LogP contribution in [0.2, 0.25) is 0 Å². The summed E-state index contributed by atoms with van der Waals surface area (Å²) in [5.74, 6) is 0.902. The van der Waals surface area contributed by atoms with Gasteiger partial charge in [-0.05, 0) is 13.8 Å². The summed E-state index contributed by atoms with van der Waals surface area (Å²) in [6, 6.07) is -0.526. The van der Waals surface area contributed by atoms with Crippen LogP contribution in [0.5, 0.6) is 0 Å². The number of hydrogen-bond donors (Lipinski definition) is 2. The highest BCUT2D eigenvalue weighted by atomic mass is 16.5. The zero-order valence-electron chi connectivity index (χ0n) is 11.9. The van der Waals surface area contributed by atoms with E-state index in [9.17, 15) is 4.79 Å². The SMILES string of the molecule is CCOC(=O)C(C)Nc1nc(NC)nc(N(C)C)n1. The molecule has 1 rings (SSSR count). The van der Waals surface area contributed by atoms with E-state index in [1.54, 1.807) is 25.8 Å². The van der Waals surface area contributed by atoms with Crippen molar-refractivity contribution in [3.05, 3.63) is 0 Å². The van der Waals surface area contributed by atoms with Crippen LogP contribution in [0, 0.1) is 0 Å². The van der Waals surface area contributed by atoms with Gasteiger partial charge in [0.2, 0.25) is 17.8 Å². The third-order valence-electron chi connectivity index (χ3n) is 2.23. The van der Waals surface area contributed by atoms with Crippen molar-refractivity contribution in [1.29, 1.82) is 0 Å². The number of ether oxygens (including phenoxy) is 1. The van der Waals surface area contributed by atoms with Crippen molar-refractivity contribution in [2.75, 3.05) is 43.3 Å². The number of hydrogen-bond acceptors (Lipinski definition) is 8. The van der Waals surface area contributed by atoms with Crippen LogP contribution in [0.4, 0.5) is 17.8 Å². The van der Waals surface area contributed by atoms with Crippen LogP contribution in [0.1, 0.15) is 13.8 Å². The maximum Gasteiger partial charge on any atom is 0.328 e. The first-order valence-corrected chi connectivity index (χ1v) is 6.02. The highest BCUT2D eigenvalue weighted by Crippen LogP contribution is 2.11. The average Bonchev–Trinajstić information content (AvgIpc) is 2.38. The van der Waals surface area contributed by atoms with Crippen LogP contribution >= 0.6 is 0 Å². The molecule has 0 bridgehead atoms. The Balaban J connectivity index is 2.88. The Kier molecular flexibility index (Phi) is 5.28. The van der Waals surface area contributed by atoms with Crippen LogP contribution in [-0.2, 0) is 9.53 Å². The number of nitrogens with one attached hydrogen (secondary N) is 2. The quantitative estimate of drug-likeness (QED) is 0.714. The van der Waals surface area contributed by atoms with Gasteiger partial charge in [0.05, 0.1) is 6.61 Å². The van der Waals surface area contributed by atoms with Crippen molar-refractivity contribution in [2.24, 2.45) is 0 Å². The average molecular weight is 268 g/mol. The number of anilines is 3. The second kappa shape index (κ2) is 6.72. The molecule has 8 nitrogen and oxygen atoms in total. The van der Waals surface area contributed by atoms with Crippen LogP contribution in [0.3, 0.4) is 0 Å². The minimum Gasteiger partial charge on any atom is -0.464 e. The minimum absolute atomic E-state index is 0.323. The maximum absolute atomic E-state index is 11.5. The van der Waals surface area contributed by atoms with Gasteiger partial charge in [0.1, 0.15) is 6.04 Å². The van der Waals surface area contributed by atoms with Crippen molar-refractivity contribution in [3.63, 3.8) is 0 Å². The van der Waals surface area contributed by atoms with E-state index in [4.69, 9.17) is 4.74 Å². The van der Waals surface area contributed by atoms with Gasteiger partial charge in [-0.1, -0.05) is 0 Å². The molecule has 1 aromatic heterocycles. The van der Waals surface area contributed by atoms with Gasteiger partial charge in [0.25, 0.3) is 0 Å². The second-order valence-electron chi connectivity index (χ2n) is 4.05. The van der Waals surface area contributed by atoms with Crippen LogP contribution in [0.15, 0.2) is 0 Å². The summed E-state index contributed by atoms with van der Waals surface area (Å²) in [4.78, 5) is 25.8. The first kappa shape index (κ1) is 14.9. The Morgan fingerprint density at radius 3 is 2.47 bits per heavy atom. The molecule has 0 aliphatic carbocycles. The largest absolute Gasteiger partial charge is 0.464 e. The van der Waals surface area contributed by atoms with Crippen molar-refractivity contribution in [3.8, 4) is 0 Å².